The van der Waals surface area contributed by atoms with Gasteiger partial charge in [0.15, 0.2) is 5.16 Å². The number of thiophene rings is 1. The summed E-state index contributed by atoms with van der Waals surface area (Å²) in [7, 11) is 0. The molecule has 1 saturated heterocycles. The second-order valence-corrected chi connectivity index (χ2v) is 9.25. The molecule has 1 amide bonds. The molecule has 27 heavy (non-hydrogen) atoms. The van der Waals surface area contributed by atoms with E-state index in [9.17, 15) is 9.59 Å². The zero-order valence-electron chi connectivity index (χ0n) is 15.5. The zero-order chi connectivity index (χ0) is 18.8. The van der Waals surface area contributed by atoms with E-state index in [2.05, 4.69) is 6.58 Å². The summed E-state index contributed by atoms with van der Waals surface area (Å²) in [6.45, 7) is 5.92. The van der Waals surface area contributed by atoms with Crippen LogP contribution >= 0.6 is 23.1 Å². The number of hydrogen-bond acceptors (Lipinski definition) is 5. The first-order valence-electron chi connectivity index (χ1n) is 9.75. The van der Waals surface area contributed by atoms with Crippen molar-refractivity contribution in [3.05, 3.63) is 33.4 Å². The van der Waals surface area contributed by atoms with Gasteiger partial charge in [-0.3, -0.25) is 14.2 Å². The van der Waals surface area contributed by atoms with E-state index >= 15 is 0 Å². The molecule has 0 atom stereocenters. The molecule has 4 rings (SSSR count). The number of hydrogen-bond donors (Lipinski definition) is 0. The maximum absolute atomic E-state index is 13.2. The Labute approximate surface area is 167 Å². The Hall–Kier alpha value is -1.60. The van der Waals surface area contributed by atoms with E-state index in [1.807, 2.05) is 4.90 Å². The highest BCUT2D eigenvalue weighted by Gasteiger charge is 2.23. The topological polar surface area (TPSA) is 55.2 Å². The third kappa shape index (κ3) is 3.72. The van der Waals surface area contributed by atoms with Crippen molar-refractivity contribution >= 4 is 39.2 Å². The molecule has 1 aliphatic heterocycles. The van der Waals surface area contributed by atoms with Gasteiger partial charge in [0.2, 0.25) is 5.91 Å². The van der Waals surface area contributed by atoms with Gasteiger partial charge in [-0.1, -0.05) is 17.8 Å². The average Bonchev–Trinajstić information content (AvgIpc) is 3.07. The number of allylic oxidation sites excluding steroid dienone is 1. The van der Waals surface area contributed by atoms with E-state index in [1.165, 1.54) is 35.0 Å². The summed E-state index contributed by atoms with van der Waals surface area (Å²) < 4.78 is 1.69. The molecule has 1 aliphatic carbocycles. The molecular weight excluding hydrogens is 378 g/mol. The Balaban J connectivity index is 1.64. The fourth-order valence-corrected chi connectivity index (χ4v) is 6.19. The van der Waals surface area contributed by atoms with Crippen LogP contribution < -0.4 is 5.56 Å². The first kappa shape index (κ1) is 18.7. The van der Waals surface area contributed by atoms with Gasteiger partial charge in [0.1, 0.15) is 4.83 Å². The van der Waals surface area contributed by atoms with Gasteiger partial charge in [-0.2, -0.15) is 0 Å². The van der Waals surface area contributed by atoms with E-state index in [-0.39, 0.29) is 11.5 Å². The molecule has 1 fully saturated rings. The van der Waals surface area contributed by atoms with Crippen molar-refractivity contribution in [1.82, 2.24) is 14.5 Å². The lowest BCUT2D eigenvalue weighted by Crippen LogP contribution is -2.37. The van der Waals surface area contributed by atoms with Gasteiger partial charge in [-0.15, -0.1) is 17.9 Å². The number of rotatable bonds is 5. The van der Waals surface area contributed by atoms with Crippen molar-refractivity contribution in [3.63, 3.8) is 0 Å². The third-order valence-corrected chi connectivity index (χ3v) is 7.53. The average molecular weight is 404 g/mol. The molecule has 0 radical (unpaired) electrons. The first-order valence-corrected chi connectivity index (χ1v) is 11.6. The lowest BCUT2D eigenvalue weighted by atomic mass is 9.97. The van der Waals surface area contributed by atoms with Crippen LogP contribution in [0.15, 0.2) is 22.6 Å². The van der Waals surface area contributed by atoms with Crippen molar-refractivity contribution in [2.45, 2.75) is 56.6 Å². The molecule has 2 aromatic heterocycles. The quantitative estimate of drug-likeness (QED) is 0.435. The van der Waals surface area contributed by atoms with E-state index < -0.39 is 0 Å². The van der Waals surface area contributed by atoms with Crippen LogP contribution in [0.4, 0.5) is 0 Å². The van der Waals surface area contributed by atoms with Crippen LogP contribution in [0.25, 0.3) is 10.2 Å². The number of aryl methyl sites for hydroxylation is 2. The van der Waals surface area contributed by atoms with Gasteiger partial charge in [0, 0.05) is 24.5 Å². The molecule has 2 aliphatic rings. The fraction of sp³-hybridized carbons (Fsp3) is 0.550. The zero-order valence-corrected chi connectivity index (χ0v) is 17.2. The van der Waals surface area contributed by atoms with Crippen LogP contribution in [0, 0.1) is 0 Å². The molecule has 3 heterocycles. The Kier molecular flexibility index (Phi) is 5.68. The molecule has 0 bridgehead atoms. The highest BCUT2D eigenvalue weighted by atomic mass is 32.2. The van der Waals surface area contributed by atoms with Gasteiger partial charge >= 0.3 is 0 Å². The lowest BCUT2D eigenvalue weighted by Gasteiger charge is -2.26. The van der Waals surface area contributed by atoms with Gasteiger partial charge in [0.25, 0.3) is 5.56 Å². The Morgan fingerprint density at radius 1 is 1.19 bits per heavy atom. The van der Waals surface area contributed by atoms with Crippen LogP contribution in [0.5, 0.6) is 0 Å². The number of amides is 1. The number of likely N-dealkylation sites (tertiary alicyclic amines) is 1. The molecule has 0 spiro atoms. The fourth-order valence-electron chi connectivity index (χ4n) is 3.98. The van der Waals surface area contributed by atoms with Crippen molar-refractivity contribution in [3.8, 4) is 0 Å². The predicted molar refractivity (Wildman–Crippen MR) is 112 cm³/mol. The summed E-state index contributed by atoms with van der Waals surface area (Å²) in [6.07, 6.45) is 9.45. The highest BCUT2D eigenvalue weighted by Crippen LogP contribution is 2.34. The van der Waals surface area contributed by atoms with Gasteiger partial charge < -0.3 is 4.90 Å². The largest absolute Gasteiger partial charge is 0.342 e. The minimum absolute atomic E-state index is 0.0206. The number of carbonyl (C=O) groups excluding carboxylic acids is 1. The Morgan fingerprint density at radius 3 is 2.74 bits per heavy atom. The van der Waals surface area contributed by atoms with E-state index in [1.54, 1.807) is 22.0 Å². The number of nitrogens with zero attached hydrogens (tertiary/aromatic N) is 3. The second-order valence-electron chi connectivity index (χ2n) is 7.22. The lowest BCUT2D eigenvalue weighted by molar-refractivity contribution is -0.129. The van der Waals surface area contributed by atoms with Gasteiger partial charge in [-0.25, -0.2) is 4.98 Å². The third-order valence-electron chi connectivity index (χ3n) is 5.39. The number of thioether (sulfide) groups is 1. The van der Waals surface area contributed by atoms with Crippen LogP contribution in [0.1, 0.15) is 42.5 Å². The number of carbonyl (C=O) groups is 1. The van der Waals surface area contributed by atoms with Crippen LogP contribution in [-0.2, 0) is 24.2 Å². The molecule has 7 heteroatoms. The normalized spacial score (nSPS) is 17.1. The second kappa shape index (κ2) is 8.19. The monoisotopic (exact) mass is 403 g/mol. The maximum Gasteiger partial charge on any atom is 0.263 e. The van der Waals surface area contributed by atoms with E-state index in [4.69, 9.17) is 4.98 Å². The summed E-state index contributed by atoms with van der Waals surface area (Å²) in [5.41, 5.74) is 1.23. The minimum atomic E-state index is 0.0206. The summed E-state index contributed by atoms with van der Waals surface area (Å²) in [5.74, 6) is 0.477. The molecule has 2 aromatic rings. The molecule has 0 unspecified atom stereocenters. The molecule has 0 saturated carbocycles. The first-order chi connectivity index (χ1) is 13.2. The van der Waals surface area contributed by atoms with Crippen molar-refractivity contribution in [2.24, 2.45) is 0 Å². The molecule has 144 valence electrons. The van der Waals surface area contributed by atoms with Gasteiger partial charge in [-0.05, 0) is 50.5 Å². The Morgan fingerprint density at radius 2 is 1.96 bits per heavy atom. The van der Waals surface area contributed by atoms with E-state index in [0.29, 0.717) is 17.5 Å². The SMILES string of the molecule is C=CCn1c(SCC(=O)N2CCCCC2)nc2sc3c(c2c1=O)CCCC3. The predicted octanol–water partition coefficient (Wildman–Crippen LogP) is 3.63. The maximum atomic E-state index is 13.2. The van der Waals surface area contributed by atoms with Crippen molar-refractivity contribution < 1.29 is 4.79 Å². The summed E-state index contributed by atoms with van der Waals surface area (Å²) in [4.78, 5) is 34.6. The minimum Gasteiger partial charge on any atom is -0.342 e. The van der Waals surface area contributed by atoms with Crippen LogP contribution in [0.3, 0.4) is 0 Å². The molecule has 0 aromatic carbocycles. The smallest absolute Gasteiger partial charge is 0.263 e. The van der Waals surface area contributed by atoms with Gasteiger partial charge in [0.05, 0.1) is 11.1 Å². The summed E-state index contributed by atoms with van der Waals surface area (Å²) in [6, 6.07) is 0. The standard InChI is InChI=1S/C20H25N3O2S2/c1-2-10-23-19(25)17-14-8-4-5-9-15(14)27-18(17)21-20(23)26-13-16(24)22-11-6-3-7-12-22/h2H,1,3-13H2. The number of piperidine rings is 1. The van der Waals surface area contributed by atoms with Crippen molar-refractivity contribution in [2.75, 3.05) is 18.8 Å². The number of fused-ring (bicyclic) bond motifs is 3. The molecule has 0 N–H and O–H groups in total. The highest BCUT2D eigenvalue weighted by molar-refractivity contribution is 7.99. The van der Waals surface area contributed by atoms with E-state index in [0.717, 1.165) is 55.4 Å². The van der Waals surface area contributed by atoms with Crippen molar-refractivity contribution in [1.29, 1.82) is 0 Å². The summed E-state index contributed by atoms with van der Waals surface area (Å²) in [5, 5.41) is 1.43. The summed E-state index contributed by atoms with van der Waals surface area (Å²) >= 11 is 3.04. The Bertz CT molecular complexity index is 925. The number of aromatic nitrogens is 2. The molecule has 5 nitrogen and oxygen atoms in total. The van der Waals surface area contributed by atoms with Crippen LogP contribution in [0.2, 0.25) is 0 Å². The van der Waals surface area contributed by atoms with Crippen LogP contribution in [-0.4, -0.2) is 39.2 Å². The molecular formula is C20H25N3O2S2.